The number of benzene rings is 8. The summed E-state index contributed by atoms with van der Waals surface area (Å²) in [5.74, 6) is 4.58. The van der Waals surface area contributed by atoms with Gasteiger partial charge in [0, 0.05) is 54.6 Å². The van der Waals surface area contributed by atoms with Crippen molar-refractivity contribution in [2.45, 2.75) is 38.5 Å². The van der Waals surface area contributed by atoms with Gasteiger partial charge in [0.2, 0.25) is 0 Å². The molecular weight excluding hydrogens is 783 g/mol. The van der Waals surface area contributed by atoms with Gasteiger partial charge in [-0.05, 0) is 107 Å². The highest BCUT2D eigenvalue weighted by molar-refractivity contribution is 6.11. The molecule has 8 aromatic carbocycles. The molecule has 0 saturated heterocycles. The summed E-state index contributed by atoms with van der Waals surface area (Å²) in [6, 6.07) is 65.4. The van der Waals surface area contributed by atoms with Crippen LogP contribution in [0.15, 0.2) is 188 Å². The van der Waals surface area contributed by atoms with E-state index in [4.69, 9.17) is 14.5 Å². The molecule has 0 bridgehead atoms. The normalized spacial score (nSPS) is 14.4. The van der Waals surface area contributed by atoms with Crippen LogP contribution in [0.5, 0.6) is 23.0 Å². The maximum Gasteiger partial charge on any atom is 0.137 e. The van der Waals surface area contributed by atoms with Crippen molar-refractivity contribution in [3.05, 3.63) is 210 Å². The van der Waals surface area contributed by atoms with E-state index in [0.29, 0.717) is 0 Å². The Morgan fingerprint density at radius 1 is 0.359 bits per heavy atom. The summed E-state index contributed by atoms with van der Waals surface area (Å²) < 4.78 is 17.4. The molecule has 3 aromatic heterocycles. The molecule has 11 aromatic rings. The Labute approximate surface area is 371 Å². The van der Waals surface area contributed by atoms with Gasteiger partial charge in [-0.25, -0.2) is 4.98 Å². The minimum Gasteiger partial charge on any atom is -0.457 e. The van der Waals surface area contributed by atoms with Gasteiger partial charge in [0.25, 0.3) is 0 Å². The van der Waals surface area contributed by atoms with Crippen LogP contribution in [0.2, 0.25) is 0 Å². The molecule has 2 aliphatic heterocycles. The lowest BCUT2D eigenvalue weighted by molar-refractivity contribution is 0.418. The van der Waals surface area contributed by atoms with Crippen LogP contribution in [-0.2, 0) is 10.8 Å². The highest BCUT2D eigenvalue weighted by Gasteiger charge is 2.35. The zero-order valence-corrected chi connectivity index (χ0v) is 36.1. The molecule has 0 amide bonds. The van der Waals surface area contributed by atoms with E-state index in [-0.39, 0.29) is 10.8 Å². The Balaban J connectivity index is 0.875. The van der Waals surface area contributed by atoms with Crippen LogP contribution < -0.4 is 9.47 Å². The molecule has 5 heteroatoms. The first kappa shape index (κ1) is 36.7. The average Bonchev–Trinajstić information content (AvgIpc) is 3.84. The number of pyridine rings is 1. The molecule has 306 valence electrons. The fourth-order valence-electron chi connectivity index (χ4n) is 10.7. The summed E-state index contributed by atoms with van der Waals surface area (Å²) in [5, 5.41) is 4.79. The molecule has 13 rings (SSSR count). The molecular formula is C59H43N3O2. The van der Waals surface area contributed by atoms with Gasteiger partial charge < -0.3 is 14.0 Å². The van der Waals surface area contributed by atoms with Crippen LogP contribution in [-0.4, -0.2) is 14.1 Å². The third-order valence-corrected chi connectivity index (χ3v) is 14.1. The Bertz CT molecular complexity index is 3490. The van der Waals surface area contributed by atoms with E-state index in [2.05, 4.69) is 207 Å². The Kier molecular flexibility index (Phi) is 7.64. The third kappa shape index (κ3) is 5.27. The smallest absolute Gasteiger partial charge is 0.137 e. The van der Waals surface area contributed by atoms with Crippen molar-refractivity contribution in [3.63, 3.8) is 0 Å². The number of ether oxygens (including phenoxy) is 2. The number of nitrogens with zero attached hydrogens (tertiary/aromatic N) is 3. The van der Waals surface area contributed by atoms with E-state index in [1.165, 1.54) is 66.1 Å². The monoisotopic (exact) mass is 825 g/mol. The molecule has 0 fully saturated rings. The zero-order valence-electron chi connectivity index (χ0n) is 36.1. The summed E-state index contributed by atoms with van der Waals surface area (Å²) >= 11 is 0. The second-order valence-corrected chi connectivity index (χ2v) is 18.4. The largest absolute Gasteiger partial charge is 0.457 e. The number of hydrogen-bond acceptors (Lipinski definition) is 3. The molecule has 0 unspecified atom stereocenters. The number of rotatable bonds is 4. The molecule has 2 aliphatic rings. The predicted octanol–water partition coefficient (Wildman–Crippen LogP) is 15.5. The Morgan fingerprint density at radius 3 is 1.31 bits per heavy atom. The van der Waals surface area contributed by atoms with Gasteiger partial charge in [0.1, 0.15) is 28.8 Å². The van der Waals surface area contributed by atoms with Crippen molar-refractivity contribution in [3.8, 4) is 56.8 Å². The van der Waals surface area contributed by atoms with Crippen LogP contribution in [0, 0.1) is 0 Å². The predicted molar refractivity (Wildman–Crippen MR) is 261 cm³/mol. The van der Waals surface area contributed by atoms with Crippen LogP contribution in [0.4, 0.5) is 0 Å². The zero-order chi connectivity index (χ0) is 42.9. The second-order valence-electron chi connectivity index (χ2n) is 18.4. The van der Waals surface area contributed by atoms with E-state index in [1.807, 2.05) is 18.3 Å². The van der Waals surface area contributed by atoms with Crippen molar-refractivity contribution in [1.82, 2.24) is 14.1 Å². The number of para-hydroxylation sites is 4. The Morgan fingerprint density at radius 2 is 0.781 bits per heavy atom. The summed E-state index contributed by atoms with van der Waals surface area (Å²) in [6.45, 7) is 9.15. The first-order chi connectivity index (χ1) is 31.2. The first-order valence-electron chi connectivity index (χ1n) is 22.1. The van der Waals surface area contributed by atoms with Gasteiger partial charge in [0.15, 0.2) is 0 Å². The number of aromatic nitrogens is 3. The van der Waals surface area contributed by atoms with Gasteiger partial charge in [-0.3, -0.25) is 4.57 Å². The highest BCUT2D eigenvalue weighted by Crippen LogP contribution is 2.51. The van der Waals surface area contributed by atoms with Crippen LogP contribution in [0.3, 0.4) is 0 Å². The number of hydrogen-bond donors (Lipinski definition) is 0. The summed E-state index contributed by atoms with van der Waals surface area (Å²) in [6.07, 6.45) is 2.02. The average molecular weight is 826 g/mol. The molecule has 64 heavy (non-hydrogen) atoms. The van der Waals surface area contributed by atoms with Gasteiger partial charge in [-0.2, -0.15) is 0 Å². The van der Waals surface area contributed by atoms with Crippen molar-refractivity contribution < 1.29 is 9.47 Å². The van der Waals surface area contributed by atoms with Gasteiger partial charge in [-0.1, -0.05) is 125 Å². The quantitative estimate of drug-likeness (QED) is 0.177. The molecule has 5 heterocycles. The van der Waals surface area contributed by atoms with Crippen LogP contribution >= 0.6 is 0 Å². The lowest BCUT2D eigenvalue weighted by Crippen LogP contribution is -2.24. The molecule has 0 N–H and O–H groups in total. The minimum atomic E-state index is -0.190. The second kappa shape index (κ2) is 13.3. The Hall–Kier alpha value is -7.89. The first-order valence-corrected chi connectivity index (χ1v) is 22.1. The van der Waals surface area contributed by atoms with E-state index in [9.17, 15) is 0 Å². The van der Waals surface area contributed by atoms with Crippen molar-refractivity contribution in [2.24, 2.45) is 0 Å². The fourth-order valence-corrected chi connectivity index (χ4v) is 10.7. The standard InChI is InChI=1S/C59H43N3O2/c1-58(2)45-15-7-11-19-53(45)63-55-28-23-38(33-47(55)58)36-21-26-51-43(31-36)41-13-5-9-17-49(41)61(51)40-25-30-57(60-35-40)62-50-18-10-6-14-42(50)44-32-37(22-27-52(44)62)39-24-29-56-48(34-39)59(3,4)46-16-8-12-20-54(46)64-56/h5-35H,1-4H3. The lowest BCUT2D eigenvalue weighted by atomic mass is 9.75. The van der Waals surface area contributed by atoms with E-state index in [1.54, 1.807) is 0 Å². The van der Waals surface area contributed by atoms with Crippen LogP contribution in [0.1, 0.15) is 49.9 Å². The fraction of sp³-hybridized carbons (Fsp3) is 0.102. The molecule has 0 atom stereocenters. The molecule has 0 saturated carbocycles. The van der Waals surface area contributed by atoms with E-state index < -0.39 is 0 Å². The van der Waals surface area contributed by atoms with Crippen molar-refractivity contribution in [1.29, 1.82) is 0 Å². The highest BCUT2D eigenvalue weighted by atomic mass is 16.5. The number of fused-ring (bicyclic) bond motifs is 10. The molecule has 5 nitrogen and oxygen atoms in total. The van der Waals surface area contributed by atoms with E-state index >= 15 is 0 Å². The van der Waals surface area contributed by atoms with Crippen molar-refractivity contribution in [2.75, 3.05) is 0 Å². The summed E-state index contributed by atoms with van der Waals surface area (Å²) in [7, 11) is 0. The van der Waals surface area contributed by atoms with E-state index in [0.717, 1.165) is 56.6 Å². The third-order valence-electron chi connectivity index (χ3n) is 14.1. The van der Waals surface area contributed by atoms with Gasteiger partial charge >= 0.3 is 0 Å². The van der Waals surface area contributed by atoms with Gasteiger partial charge in [0.05, 0.1) is 34.0 Å². The van der Waals surface area contributed by atoms with Gasteiger partial charge in [-0.15, -0.1) is 0 Å². The summed E-state index contributed by atoms with van der Waals surface area (Å²) in [4.78, 5) is 5.21. The molecule has 0 radical (unpaired) electrons. The SMILES string of the molecule is CC1(C)c2ccccc2Oc2ccc(-c3ccc4c(c3)c3ccccc3n4-c3ccc(-n4c5ccccc5c5cc(-c6ccc7c(c6)C(C)(C)c6ccccc6O7)ccc54)nc3)cc21. The molecule has 0 spiro atoms. The van der Waals surface area contributed by atoms with Crippen molar-refractivity contribution >= 4 is 43.6 Å². The van der Waals surface area contributed by atoms with Crippen LogP contribution in [0.25, 0.3) is 77.4 Å². The maximum absolute atomic E-state index is 6.39. The summed E-state index contributed by atoms with van der Waals surface area (Å²) in [5.41, 5.74) is 14.6. The topological polar surface area (TPSA) is 41.2 Å². The minimum absolute atomic E-state index is 0.189. The lowest BCUT2D eigenvalue weighted by Gasteiger charge is -2.34. The maximum atomic E-state index is 6.39. The molecule has 0 aliphatic carbocycles.